The predicted molar refractivity (Wildman–Crippen MR) is 72.4 cm³/mol. The van der Waals surface area contributed by atoms with Crippen molar-refractivity contribution in [3.8, 4) is 0 Å². The van der Waals surface area contributed by atoms with Crippen molar-refractivity contribution >= 4 is 17.7 Å². The van der Waals surface area contributed by atoms with Crippen molar-refractivity contribution in [1.82, 2.24) is 9.78 Å². The van der Waals surface area contributed by atoms with E-state index in [2.05, 4.69) is 17.0 Å². The maximum Gasteiger partial charge on any atom is 0.262 e. The Morgan fingerprint density at radius 3 is 2.74 bits per heavy atom. The lowest BCUT2D eigenvalue weighted by Crippen LogP contribution is -2.15. The number of carbonyl (C=O) groups is 1. The molecule has 1 amide bonds. The van der Waals surface area contributed by atoms with E-state index in [1.807, 2.05) is 12.1 Å². The van der Waals surface area contributed by atoms with E-state index in [1.165, 1.54) is 7.05 Å². The monoisotopic (exact) mass is 259 g/mol. The van der Waals surface area contributed by atoms with Crippen LogP contribution in [0.5, 0.6) is 0 Å². The summed E-state index contributed by atoms with van der Waals surface area (Å²) in [7, 11) is 1.46. The van der Waals surface area contributed by atoms with Gasteiger partial charge in [-0.15, -0.1) is 0 Å². The van der Waals surface area contributed by atoms with Crippen molar-refractivity contribution in [3.63, 3.8) is 0 Å². The Kier molecular flexibility index (Phi) is 3.46. The van der Waals surface area contributed by atoms with Crippen LogP contribution < -0.4 is 5.32 Å². The number of aromatic nitrogens is 2. The average Bonchev–Trinajstić information content (AvgIpc) is 2.64. The van der Waals surface area contributed by atoms with Crippen LogP contribution in [-0.4, -0.2) is 15.7 Å². The number of hydrogen-bond acceptors (Lipinski definition) is 2. The molecule has 0 aliphatic rings. The minimum Gasteiger partial charge on any atom is -0.321 e. The summed E-state index contributed by atoms with van der Waals surface area (Å²) in [6.07, 6.45) is 1.63. The van der Waals surface area contributed by atoms with Gasteiger partial charge >= 0.3 is 0 Å². The third-order valence-electron chi connectivity index (χ3n) is 2.81. The van der Waals surface area contributed by atoms with Crippen LogP contribution in [0.25, 0.3) is 6.08 Å². The molecule has 0 saturated carbocycles. The highest BCUT2D eigenvalue weighted by Gasteiger charge is 2.20. The number of hydrogen-bond donors (Lipinski definition) is 1. The van der Waals surface area contributed by atoms with Gasteiger partial charge in [-0.05, 0) is 18.6 Å². The topological polar surface area (TPSA) is 46.9 Å². The zero-order valence-electron chi connectivity index (χ0n) is 10.8. The first-order valence-corrected chi connectivity index (χ1v) is 5.76. The number of nitrogens with one attached hydrogen (secondary N) is 1. The highest BCUT2D eigenvalue weighted by molar-refractivity contribution is 6.06. The maximum atomic E-state index is 13.8. The van der Waals surface area contributed by atoms with E-state index >= 15 is 0 Å². The van der Waals surface area contributed by atoms with Crippen molar-refractivity contribution in [1.29, 1.82) is 0 Å². The largest absolute Gasteiger partial charge is 0.321 e. The molecule has 1 aromatic heterocycles. The van der Waals surface area contributed by atoms with Crippen LogP contribution in [-0.2, 0) is 7.05 Å². The Morgan fingerprint density at radius 1 is 1.47 bits per heavy atom. The van der Waals surface area contributed by atoms with E-state index < -0.39 is 11.9 Å². The van der Waals surface area contributed by atoms with Gasteiger partial charge in [-0.3, -0.25) is 4.79 Å². The molecule has 0 bridgehead atoms. The minimum atomic E-state index is -0.647. The molecular formula is C14H14FN3O. The normalized spacial score (nSPS) is 10.3. The Labute approximate surface area is 110 Å². The molecule has 4 nitrogen and oxygen atoms in total. The second-order valence-electron chi connectivity index (χ2n) is 4.12. The summed E-state index contributed by atoms with van der Waals surface area (Å²) in [4.78, 5) is 12.1. The zero-order chi connectivity index (χ0) is 14.0. The standard InChI is InChI=1S/C14H14FN3O/c1-4-10-7-5-6-8-11(10)16-14(19)12-9(2)17-18(3)13(12)15/h4-8H,1H2,2-3H3,(H,16,19). The van der Waals surface area contributed by atoms with Crippen LogP contribution in [0.2, 0.25) is 0 Å². The summed E-state index contributed by atoms with van der Waals surface area (Å²) in [6.45, 7) is 5.26. The van der Waals surface area contributed by atoms with Crippen LogP contribution in [0.15, 0.2) is 30.8 Å². The number of anilines is 1. The molecule has 98 valence electrons. The lowest BCUT2D eigenvalue weighted by Gasteiger charge is -2.07. The molecule has 0 aliphatic heterocycles. The molecule has 19 heavy (non-hydrogen) atoms. The van der Waals surface area contributed by atoms with Crippen molar-refractivity contribution in [2.45, 2.75) is 6.92 Å². The van der Waals surface area contributed by atoms with Crippen LogP contribution in [0, 0.1) is 12.9 Å². The van der Waals surface area contributed by atoms with E-state index in [0.29, 0.717) is 11.4 Å². The number of para-hydroxylation sites is 1. The van der Waals surface area contributed by atoms with E-state index in [4.69, 9.17) is 0 Å². The predicted octanol–water partition coefficient (Wildman–Crippen LogP) is 2.76. The SMILES string of the molecule is C=Cc1ccccc1NC(=O)c1c(C)nn(C)c1F. The summed E-state index contributed by atoms with van der Waals surface area (Å²) in [6, 6.07) is 7.17. The summed E-state index contributed by atoms with van der Waals surface area (Å²) in [5.41, 5.74) is 1.68. The van der Waals surface area contributed by atoms with Crippen molar-refractivity contribution < 1.29 is 9.18 Å². The number of aryl methyl sites for hydroxylation is 2. The molecule has 1 aromatic carbocycles. The highest BCUT2D eigenvalue weighted by Crippen LogP contribution is 2.19. The lowest BCUT2D eigenvalue weighted by atomic mass is 10.1. The second kappa shape index (κ2) is 5.06. The van der Waals surface area contributed by atoms with Crippen LogP contribution in [0.1, 0.15) is 21.6 Å². The Balaban J connectivity index is 2.33. The third kappa shape index (κ3) is 2.40. The fourth-order valence-corrected chi connectivity index (χ4v) is 1.86. The summed E-state index contributed by atoms with van der Waals surface area (Å²) >= 11 is 0. The van der Waals surface area contributed by atoms with Gasteiger partial charge in [-0.2, -0.15) is 9.49 Å². The first kappa shape index (κ1) is 13.0. The molecule has 0 radical (unpaired) electrons. The number of benzene rings is 1. The number of rotatable bonds is 3. The van der Waals surface area contributed by atoms with Crippen molar-refractivity contribution in [3.05, 3.63) is 53.6 Å². The van der Waals surface area contributed by atoms with Gasteiger partial charge in [-0.1, -0.05) is 30.9 Å². The molecule has 5 heteroatoms. The van der Waals surface area contributed by atoms with Gasteiger partial charge in [0, 0.05) is 12.7 Å². The molecule has 0 spiro atoms. The van der Waals surface area contributed by atoms with Crippen LogP contribution >= 0.6 is 0 Å². The van der Waals surface area contributed by atoms with Crippen molar-refractivity contribution in [2.24, 2.45) is 7.05 Å². The van der Waals surface area contributed by atoms with Crippen LogP contribution in [0.3, 0.4) is 0 Å². The summed E-state index contributed by atoms with van der Waals surface area (Å²) < 4.78 is 14.8. The van der Waals surface area contributed by atoms with E-state index in [-0.39, 0.29) is 5.56 Å². The van der Waals surface area contributed by atoms with E-state index in [0.717, 1.165) is 10.2 Å². The average molecular weight is 259 g/mol. The summed E-state index contributed by atoms with van der Waals surface area (Å²) in [5, 5.41) is 6.55. The van der Waals surface area contributed by atoms with Crippen molar-refractivity contribution in [2.75, 3.05) is 5.32 Å². The van der Waals surface area contributed by atoms with Gasteiger partial charge in [-0.25, -0.2) is 4.68 Å². The Morgan fingerprint density at radius 2 is 2.16 bits per heavy atom. The first-order chi connectivity index (χ1) is 9.04. The fourth-order valence-electron chi connectivity index (χ4n) is 1.86. The lowest BCUT2D eigenvalue weighted by molar-refractivity contribution is 0.102. The molecule has 0 fully saturated rings. The number of amides is 1. The second-order valence-corrected chi connectivity index (χ2v) is 4.12. The van der Waals surface area contributed by atoms with Gasteiger partial charge in [0.15, 0.2) is 0 Å². The molecule has 0 aliphatic carbocycles. The fraction of sp³-hybridized carbons (Fsp3) is 0.143. The molecule has 2 rings (SSSR count). The van der Waals surface area contributed by atoms with Gasteiger partial charge in [0.1, 0.15) is 5.56 Å². The highest BCUT2D eigenvalue weighted by atomic mass is 19.1. The molecule has 1 N–H and O–H groups in total. The van der Waals surface area contributed by atoms with Gasteiger partial charge in [0.05, 0.1) is 5.69 Å². The first-order valence-electron chi connectivity index (χ1n) is 5.76. The molecule has 2 aromatic rings. The Bertz CT molecular complexity index is 646. The Hall–Kier alpha value is -2.43. The van der Waals surface area contributed by atoms with E-state index in [9.17, 15) is 9.18 Å². The molecule has 1 heterocycles. The molecule has 0 saturated heterocycles. The number of halogens is 1. The van der Waals surface area contributed by atoms with Crippen LogP contribution in [0.4, 0.5) is 10.1 Å². The van der Waals surface area contributed by atoms with E-state index in [1.54, 1.807) is 25.1 Å². The van der Waals surface area contributed by atoms with Gasteiger partial charge in [0.2, 0.25) is 5.95 Å². The quantitative estimate of drug-likeness (QED) is 0.921. The maximum absolute atomic E-state index is 13.8. The zero-order valence-corrected chi connectivity index (χ0v) is 10.8. The van der Waals surface area contributed by atoms with Gasteiger partial charge < -0.3 is 5.32 Å². The smallest absolute Gasteiger partial charge is 0.262 e. The molecule has 0 atom stereocenters. The number of nitrogens with zero attached hydrogens (tertiary/aromatic N) is 2. The van der Waals surface area contributed by atoms with Gasteiger partial charge in [0.25, 0.3) is 5.91 Å². The molecular weight excluding hydrogens is 245 g/mol. The molecule has 0 unspecified atom stereocenters. The summed E-state index contributed by atoms with van der Waals surface area (Å²) in [5.74, 6) is -1.16. The minimum absolute atomic E-state index is 0.0404. The third-order valence-corrected chi connectivity index (χ3v) is 2.81. The number of carbonyl (C=O) groups excluding carboxylic acids is 1.